The highest BCUT2D eigenvalue weighted by atomic mass is 16.6. The molecule has 6 nitrogen and oxygen atoms in total. The third-order valence-electron chi connectivity index (χ3n) is 3.49. The molecule has 112 valence electrons. The average molecular weight is 288 g/mol. The van der Waals surface area contributed by atoms with Crippen LogP contribution in [-0.4, -0.2) is 35.8 Å². The van der Waals surface area contributed by atoms with Gasteiger partial charge in [0.05, 0.1) is 11.5 Å². The fourth-order valence-electron chi connectivity index (χ4n) is 2.39. The molecule has 21 heavy (non-hydrogen) atoms. The zero-order chi connectivity index (χ0) is 15.2. The molecule has 1 aliphatic rings. The first-order chi connectivity index (χ1) is 10.2. The van der Waals surface area contributed by atoms with Crippen molar-refractivity contribution in [3.63, 3.8) is 0 Å². The van der Waals surface area contributed by atoms with Crippen LogP contribution in [0, 0.1) is 10.1 Å². The third kappa shape index (κ3) is 3.59. The monoisotopic (exact) mass is 288 g/mol. The summed E-state index contributed by atoms with van der Waals surface area (Å²) in [7, 11) is 0. The number of non-ortho nitro benzene ring substituents is 1. The Kier molecular flexibility index (Phi) is 4.92. The molecule has 1 heterocycles. The van der Waals surface area contributed by atoms with Crippen LogP contribution in [0.5, 0.6) is 0 Å². The lowest BCUT2D eigenvalue weighted by Gasteiger charge is -2.22. The van der Waals surface area contributed by atoms with Crippen molar-refractivity contribution in [2.45, 2.75) is 19.8 Å². The van der Waals surface area contributed by atoms with Gasteiger partial charge in [-0.1, -0.05) is 19.6 Å². The van der Waals surface area contributed by atoms with Gasteiger partial charge in [-0.25, -0.2) is 0 Å². The Morgan fingerprint density at radius 2 is 2.38 bits per heavy atom. The highest BCUT2D eigenvalue weighted by Gasteiger charge is 2.21. The molecule has 6 heteroatoms. The standard InChI is InChI=1S/C15H20N4O2/c1-3-8-16-18(4-2)11-10-17-9-7-13-5-6-14(19(20)21)12-15(13)17/h4-6,8,12H,2-3,7,9-11H2,1H3/b16-8-. The van der Waals surface area contributed by atoms with E-state index in [0.29, 0.717) is 6.54 Å². The molecule has 0 amide bonds. The molecular weight excluding hydrogens is 268 g/mol. The second kappa shape index (κ2) is 6.88. The molecule has 0 fully saturated rings. The van der Waals surface area contributed by atoms with Crippen LogP contribution < -0.4 is 4.90 Å². The fourth-order valence-corrected chi connectivity index (χ4v) is 2.39. The van der Waals surface area contributed by atoms with Crippen molar-refractivity contribution in [2.24, 2.45) is 5.10 Å². The number of hydrogen-bond acceptors (Lipinski definition) is 5. The van der Waals surface area contributed by atoms with Crippen LogP contribution in [0.25, 0.3) is 0 Å². The summed E-state index contributed by atoms with van der Waals surface area (Å²) in [5.74, 6) is 0. The Labute approximate surface area is 124 Å². The third-order valence-corrected chi connectivity index (χ3v) is 3.49. The molecule has 0 atom stereocenters. The summed E-state index contributed by atoms with van der Waals surface area (Å²) in [6, 6.07) is 5.09. The summed E-state index contributed by atoms with van der Waals surface area (Å²) < 4.78 is 0. The van der Waals surface area contributed by atoms with E-state index in [1.807, 2.05) is 19.2 Å². The van der Waals surface area contributed by atoms with Crippen molar-refractivity contribution in [3.8, 4) is 0 Å². The zero-order valence-electron chi connectivity index (χ0n) is 12.2. The number of nitro groups is 1. The first kappa shape index (κ1) is 15.0. The highest BCUT2D eigenvalue weighted by molar-refractivity contribution is 5.62. The Morgan fingerprint density at radius 3 is 3.05 bits per heavy atom. The van der Waals surface area contributed by atoms with Crippen molar-refractivity contribution in [1.82, 2.24) is 5.01 Å². The number of hydrazone groups is 1. The van der Waals surface area contributed by atoms with Crippen molar-refractivity contribution >= 4 is 17.6 Å². The van der Waals surface area contributed by atoms with E-state index in [-0.39, 0.29) is 10.6 Å². The molecule has 0 spiro atoms. The molecule has 2 rings (SSSR count). The van der Waals surface area contributed by atoms with Crippen LogP contribution in [-0.2, 0) is 6.42 Å². The first-order valence-electron chi connectivity index (χ1n) is 7.09. The molecule has 0 saturated heterocycles. The zero-order valence-corrected chi connectivity index (χ0v) is 12.2. The van der Waals surface area contributed by atoms with E-state index in [1.54, 1.807) is 23.3 Å². The normalized spacial score (nSPS) is 13.5. The van der Waals surface area contributed by atoms with Gasteiger partial charge in [0.1, 0.15) is 0 Å². The largest absolute Gasteiger partial charge is 0.369 e. The van der Waals surface area contributed by atoms with Crippen LogP contribution in [0.3, 0.4) is 0 Å². The fraction of sp³-hybridized carbons (Fsp3) is 0.400. The molecule has 0 radical (unpaired) electrons. The highest BCUT2D eigenvalue weighted by Crippen LogP contribution is 2.31. The maximum atomic E-state index is 10.9. The summed E-state index contributed by atoms with van der Waals surface area (Å²) in [5, 5.41) is 17.0. The van der Waals surface area contributed by atoms with E-state index in [1.165, 1.54) is 5.56 Å². The van der Waals surface area contributed by atoms with Gasteiger partial charge in [0.2, 0.25) is 0 Å². The van der Waals surface area contributed by atoms with E-state index < -0.39 is 0 Å². The lowest BCUT2D eigenvalue weighted by Crippen LogP contribution is -2.29. The van der Waals surface area contributed by atoms with E-state index in [4.69, 9.17) is 0 Å². The number of anilines is 1. The van der Waals surface area contributed by atoms with E-state index in [2.05, 4.69) is 16.6 Å². The van der Waals surface area contributed by atoms with Gasteiger partial charge in [0.25, 0.3) is 5.69 Å². The molecule has 0 saturated carbocycles. The van der Waals surface area contributed by atoms with Crippen LogP contribution in [0.2, 0.25) is 0 Å². The Hall–Kier alpha value is -2.37. The van der Waals surface area contributed by atoms with Crippen LogP contribution in [0.15, 0.2) is 36.1 Å². The van der Waals surface area contributed by atoms with Crippen molar-refractivity contribution < 1.29 is 4.92 Å². The number of benzene rings is 1. The van der Waals surface area contributed by atoms with E-state index >= 15 is 0 Å². The Morgan fingerprint density at radius 1 is 1.57 bits per heavy atom. The molecule has 1 aromatic carbocycles. The summed E-state index contributed by atoms with van der Waals surface area (Å²) >= 11 is 0. The Balaban J connectivity index is 2.04. The molecule has 1 aliphatic heterocycles. The average Bonchev–Trinajstić information content (AvgIpc) is 2.90. The van der Waals surface area contributed by atoms with Crippen molar-refractivity contribution in [1.29, 1.82) is 0 Å². The van der Waals surface area contributed by atoms with Gasteiger partial charge in [0.15, 0.2) is 0 Å². The van der Waals surface area contributed by atoms with Gasteiger partial charge in [0, 0.05) is 43.3 Å². The molecule has 0 bridgehead atoms. The van der Waals surface area contributed by atoms with Gasteiger partial charge in [-0.05, 0) is 18.4 Å². The van der Waals surface area contributed by atoms with Crippen molar-refractivity contribution in [2.75, 3.05) is 24.5 Å². The smallest absolute Gasteiger partial charge is 0.271 e. The molecule has 0 aliphatic carbocycles. The Bertz CT molecular complexity index is 557. The van der Waals surface area contributed by atoms with Gasteiger partial charge in [-0.15, -0.1) is 0 Å². The number of hydrogen-bond donors (Lipinski definition) is 0. The number of rotatable bonds is 7. The van der Waals surface area contributed by atoms with Crippen molar-refractivity contribution in [3.05, 3.63) is 46.7 Å². The van der Waals surface area contributed by atoms with Gasteiger partial charge in [-0.3, -0.25) is 15.1 Å². The number of nitrogens with zero attached hydrogens (tertiary/aromatic N) is 4. The maximum absolute atomic E-state index is 10.9. The van der Waals surface area contributed by atoms with Crippen LogP contribution in [0.1, 0.15) is 18.9 Å². The molecular formula is C15H20N4O2. The minimum absolute atomic E-state index is 0.144. The quantitative estimate of drug-likeness (QED) is 0.440. The van der Waals surface area contributed by atoms with Gasteiger partial charge in [-0.2, -0.15) is 5.10 Å². The summed E-state index contributed by atoms with van der Waals surface area (Å²) in [6.07, 6.45) is 5.34. The summed E-state index contributed by atoms with van der Waals surface area (Å²) in [6.45, 7) is 8.14. The number of fused-ring (bicyclic) bond motifs is 1. The predicted octanol–water partition coefficient (Wildman–Crippen LogP) is 2.80. The van der Waals surface area contributed by atoms with Gasteiger partial charge >= 0.3 is 0 Å². The second-order valence-electron chi connectivity index (χ2n) is 4.86. The second-order valence-corrected chi connectivity index (χ2v) is 4.86. The topological polar surface area (TPSA) is 62.0 Å². The molecule has 0 unspecified atom stereocenters. The lowest BCUT2D eigenvalue weighted by atomic mass is 10.1. The first-order valence-corrected chi connectivity index (χ1v) is 7.09. The predicted molar refractivity (Wildman–Crippen MR) is 84.7 cm³/mol. The number of nitro benzene ring substituents is 1. The molecule has 0 aromatic heterocycles. The van der Waals surface area contributed by atoms with Crippen LogP contribution in [0.4, 0.5) is 11.4 Å². The summed E-state index contributed by atoms with van der Waals surface area (Å²) in [4.78, 5) is 12.7. The minimum atomic E-state index is -0.349. The van der Waals surface area contributed by atoms with E-state index in [9.17, 15) is 10.1 Å². The molecule has 1 aromatic rings. The van der Waals surface area contributed by atoms with Gasteiger partial charge < -0.3 is 4.90 Å². The lowest BCUT2D eigenvalue weighted by molar-refractivity contribution is -0.384. The molecule has 0 N–H and O–H groups in total. The minimum Gasteiger partial charge on any atom is -0.369 e. The maximum Gasteiger partial charge on any atom is 0.271 e. The van der Waals surface area contributed by atoms with E-state index in [0.717, 1.165) is 31.6 Å². The SMILES string of the molecule is C=CN(CCN1CCc2ccc([N+](=O)[O-])cc21)/N=C\CC. The van der Waals surface area contributed by atoms with Crippen LogP contribution >= 0.6 is 0 Å². The summed E-state index contributed by atoms with van der Waals surface area (Å²) in [5.41, 5.74) is 2.28.